The van der Waals surface area contributed by atoms with Crippen molar-refractivity contribution in [3.63, 3.8) is 0 Å². The molecule has 0 bridgehead atoms. The van der Waals surface area contributed by atoms with Crippen molar-refractivity contribution in [3.8, 4) is 11.5 Å². The standard InChI is InChI=1S/C26H30O7/c1-19(2)25(29)32-18-6-4-3-5-17-31-22-14-10-21(11-15-22)26(30)33-23-12-7-20(8-13-23)9-16-24(27)28/h7-8,10-15H,1,3-6,9,16-18H2,2H3,(H,27,28). The van der Waals surface area contributed by atoms with Gasteiger partial charge in [0.2, 0.25) is 0 Å². The molecule has 0 saturated carbocycles. The summed E-state index contributed by atoms with van der Waals surface area (Å²) in [5.41, 5.74) is 1.68. The molecule has 0 fully saturated rings. The Morgan fingerprint density at radius 2 is 1.45 bits per heavy atom. The number of benzene rings is 2. The van der Waals surface area contributed by atoms with E-state index in [1.807, 2.05) is 0 Å². The summed E-state index contributed by atoms with van der Waals surface area (Å²) in [4.78, 5) is 34.2. The molecule has 0 aromatic heterocycles. The average molecular weight is 455 g/mol. The summed E-state index contributed by atoms with van der Waals surface area (Å²) in [5.74, 6) is -0.612. The van der Waals surface area contributed by atoms with Crippen molar-refractivity contribution in [3.05, 3.63) is 71.8 Å². The van der Waals surface area contributed by atoms with Crippen molar-refractivity contribution in [2.45, 2.75) is 45.4 Å². The van der Waals surface area contributed by atoms with Crippen molar-refractivity contribution in [1.82, 2.24) is 0 Å². The van der Waals surface area contributed by atoms with E-state index >= 15 is 0 Å². The van der Waals surface area contributed by atoms with E-state index in [9.17, 15) is 14.4 Å². The van der Waals surface area contributed by atoms with E-state index in [1.54, 1.807) is 55.5 Å². The van der Waals surface area contributed by atoms with Crippen LogP contribution in [0, 0.1) is 0 Å². The number of aliphatic carboxylic acids is 1. The summed E-state index contributed by atoms with van der Waals surface area (Å²) in [6.07, 6.45) is 4.07. The maximum absolute atomic E-state index is 12.3. The quantitative estimate of drug-likeness (QED) is 0.186. The molecule has 7 heteroatoms. The number of hydrogen-bond acceptors (Lipinski definition) is 6. The third kappa shape index (κ3) is 10.0. The minimum absolute atomic E-state index is 0.0561. The molecule has 33 heavy (non-hydrogen) atoms. The first-order valence-corrected chi connectivity index (χ1v) is 10.9. The molecular formula is C26H30O7. The van der Waals surface area contributed by atoms with Gasteiger partial charge in [0.1, 0.15) is 11.5 Å². The van der Waals surface area contributed by atoms with Crippen LogP contribution in [0.4, 0.5) is 0 Å². The minimum Gasteiger partial charge on any atom is -0.494 e. The third-order valence-electron chi connectivity index (χ3n) is 4.74. The first-order valence-electron chi connectivity index (χ1n) is 10.9. The van der Waals surface area contributed by atoms with Crippen molar-refractivity contribution in [2.75, 3.05) is 13.2 Å². The van der Waals surface area contributed by atoms with Gasteiger partial charge in [-0.25, -0.2) is 9.59 Å². The number of aryl methyl sites for hydroxylation is 1. The highest BCUT2D eigenvalue weighted by Gasteiger charge is 2.09. The molecular weight excluding hydrogens is 424 g/mol. The zero-order valence-corrected chi connectivity index (χ0v) is 18.9. The molecule has 0 radical (unpaired) electrons. The number of unbranched alkanes of at least 4 members (excludes halogenated alkanes) is 3. The maximum atomic E-state index is 12.3. The van der Waals surface area contributed by atoms with Crippen LogP contribution in [0.1, 0.15) is 54.9 Å². The van der Waals surface area contributed by atoms with Gasteiger partial charge in [-0.2, -0.15) is 0 Å². The SMILES string of the molecule is C=C(C)C(=O)OCCCCCCOc1ccc(C(=O)Oc2ccc(CCC(=O)O)cc2)cc1. The molecule has 0 heterocycles. The normalized spacial score (nSPS) is 10.3. The molecule has 0 aliphatic rings. The van der Waals surface area contributed by atoms with E-state index in [2.05, 4.69) is 6.58 Å². The van der Waals surface area contributed by atoms with Crippen LogP contribution in [0.5, 0.6) is 11.5 Å². The molecule has 0 aliphatic carbocycles. The summed E-state index contributed by atoms with van der Waals surface area (Å²) < 4.78 is 16.1. The second-order valence-corrected chi connectivity index (χ2v) is 7.63. The Bertz CT molecular complexity index is 930. The molecule has 2 aromatic rings. The van der Waals surface area contributed by atoms with Gasteiger partial charge in [0.25, 0.3) is 0 Å². The summed E-state index contributed by atoms with van der Waals surface area (Å²) in [5, 5.41) is 8.73. The average Bonchev–Trinajstić information content (AvgIpc) is 2.80. The smallest absolute Gasteiger partial charge is 0.343 e. The topological polar surface area (TPSA) is 99.1 Å². The lowest BCUT2D eigenvalue weighted by molar-refractivity contribution is -0.139. The van der Waals surface area contributed by atoms with Crippen LogP contribution in [0.3, 0.4) is 0 Å². The molecule has 0 saturated heterocycles. The van der Waals surface area contributed by atoms with Gasteiger partial charge in [-0.15, -0.1) is 0 Å². The van der Waals surface area contributed by atoms with Gasteiger partial charge in [0, 0.05) is 12.0 Å². The second kappa shape index (κ2) is 13.7. The summed E-state index contributed by atoms with van der Waals surface area (Å²) in [6, 6.07) is 13.5. The van der Waals surface area contributed by atoms with Crippen LogP contribution >= 0.6 is 0 Å². The Hall–Kier alpha value is -3.61. The van der Waals surface area contributed by atoms with E-state index in [-0.39, 0.29) is 12.4 Å². The Balaban J connectivity index is 1.65. The van der Waals surface area contributed by atoms with Crippen molar-refractivity contribution >= 4 is 17.9 Å². The molecule has 0 spiro atoms. The highest BCUT2D eigenvalue weighted by atomic mass is 16.5. The number of hydrogen-bond donors (Lipinski definition) is 1. The van der Waals surface area contributed by atoms with Gasteiger partial charge in [0.15, 0.2) is 0 Å². The van der Waals surface area contributed by atoms with E-state index < -0.39 is 11.9 Å². The van der Waals surface area contributed by atoms with Crippen LogP contribution in [0.25, 0.3) is 0 Å². The highest BCUT2D eigenvalue weighted by Crippen LogP contribution is 2.18. The lowest BCUT2D eigenvalue weighted by Gasteiger charge is -2.08. The number of carboxylic acids is 1. The largest absolute Gasteiger partial charge is 0.494 e. The molecule has 0 amide bonds. The van der Waals surface area contributed by atoms with E-state index in [1.165, 1.54) is 0 Å². The Kier molecular flexibility index (Phi) is 10.7. The molecule has 2 aromatic carbocycles. The van der Waals surface area contributed by atoms with Crippen molar-refractivity contribution in [1.29, 1.82) is 0 Å². The highest BCUT2D eigenvalue weighted by molar-refractivity contribution is 5.91. The Morgan fingerprint density at radius 3 is 2.06 bits per heavy atom. The van der Waals surface area contributed by atoms with Crippen molar-refractivity contribution in [2.24, 2.45) is 0 Å². The van der Waals surface area contributed by atoms with Gasteiger partial charge in [-0.1, -0.05) is 18.7 Å². The van der Waals surface area contributed by atoms with Crippen LogP contribution in [-0.4, -0.2) is 36.2 Å². The molecule has 1 N–H and O–H groups in total. The summed E-state index contributed by atoms with van der Waals surface area (Å²) in [6.45, 7) is 6.13. The van der Waals surface area contributed by atoms with Crippen molar-refractivity contribution < 1.29 is 33.7 Å². The van der Waals surface area contributed by atoms with Gasteiger partial charge in [-0.05, 0) is 81.0 Å². The Morgan fingerprint density at radius 1 is 0.848 bits per heavy atom. The lowest BCUT2D eigenvalue weighted by Crippen LogP contribution is -2.08. The van der Waals surface area contributed by atoms with E-state index in [0.29, 0.717) is 42.3 Å². The van der Waals surface area contributed by atoms with E-state index in [4.69, 9.17) is 19.3 Å². The third-order valence-corrected chi connectivity index (χ3v) is 4.74. The first kappa shape index (κ1) is 25.6. The van der Waals surface area contributed by atoms with Crippen LogP contribution in [0.2, 0.25) is 0 Å². The fraction of sp³-hybridized carbons (Fsp3) is 0.346. The zero-order chi connectivity index (χ0) is 24.1. The number of esters is 2. The van der Waals surface area contributed by atoms with Crippen LogP contribution in [0.15, 0.2) is 60.7 Å². The van der Waals surface area contributed by atoms with Gasteiger partial charge in [0.05, 0.1) is 18.8 Å². The van der Waals surface area contributed by atoms with Crippen LogP contribution in [-0.2, 0) is 20.7 Å². The van der Waals surface area contributed by atoms with Gasteiger partial charge >= 0.3 is 17.9 Å². The molecule has 176 valence electrons. The molecule has 0 atom stereocenters. The number of ether oxygens (including phenoxy) is 3. The fourth-order valence-corrected chi connectivity index (χ4v) is 2.86. The van der Waals surface area contributed by atoms with Gasteiger partial charge in [-0.3, -0.25) is 4.79 Å². The lowest BCUT2D eigenvalue weighted by atomic mass is 10.1. The predicted octanol–water partition coefficient (Wildman–Crippen LogP) is 4.98. The van der Waals surface area contributed by atoms with Gasteiger partial charge < -0.3 is 19.3 Å². The predicted molar refractivity (Wildman–Crippen MR) is 124 cm³/mol. The molecule has 7 nitrogen and oxygen atoms in total. The second-order valence-electron chi connectivity index (χ2n) is 7.63. The minimum atomic E-state index is -0.850. The monoisotopic (exact) mass is 454 g/mol. The molecule has 0 unspecified atom stereocenters. The molecule has 2 rings (SSSR count). The first-order chi connectivity index (χ1) is 15.8. The maximum Gasteiger partial charge on any atom is 0.343 e. The van der Waals surface area contributed by atoms with Crippen LogP contribution < -0.4 is 9.47 Å². The fourth-order valence-electron chi connectivity index (χ4n) is 2.86. The number of carboxylic acid groups (broad SMARTS) is 1. The Labute approximate surface area is 194 Å². The number of carbonyl (C=O) groups is 3. The number of rotatable bonds is 14. The zero-order valence-electron chi connectivity index (χ0n) is 18.9. The summed E-state index contributed by atoms with van der Waals surface area (Å²) in [7, 11) is 0. The summed E-state index contributed by atoms with van der Waals surface area (Å²) >= 11 is 0. The van der Waals surface area contributed by atoms with E-state index in [0.717, 1.165) is 31.2 Å². The number of carbonyl (C=O) groups excluding carboxylic acids is 2. The molecule has 0 aliphatic heterocycles.